The highest BCUT2D eigenvalue weighted by Crippen LogP contribution is 2.33. The Morgan fingerprint density at radius 3 is 2.76 bits per heavy atom. The summed E-state index contributed by atoms with van der Waals surface area (Å²) in [6, 6.07) is 14.2. The van der Waals surface area contributed by atoms with Crippen LogP contribution in [0.2, 0.25) is 0 Å². The number of hydrogen-bond donors (Lipinski definition) is 0. The van der Waals surface area contributed by atoms with Gasteiger partial charge in [-0.2, -0.15) is 0 Å². The highest BCUT2D eigenvalue weighted by atomic mass is 79.9. The van der Waals surface area contributed by atoms with Crippen LogP contribution in [0.5, 0.6) is 11.5 Å². The maximum atomic E-state index is 5.42. The maximum absolute atomic E-state index is 5.42. The largest absolute Gasteiger partial charge is 0.454 e. The minimum Gasteiger partial charge on any atom is -0.454 e. The summed E-state index contributed by atoms with van der Waals surface area (Å²) in [7, 11) is 0. The summed E-state index contributed by atoms with van der Waals surface area (Å²) in [5.41, 5.74) is 4.47. The Morgan fingerprint density at radius 1 is 0.952 bits per heavy atom. The summed E-state index contributed by atoms with van der Waals surface area (Å²) in [6.45, 7) is 1.00. The van der Waals surface area contributed by atoms with Crippen molar-refractivity contribution in [2.45, 2.75) is 0 Å². The lowest BCUT2D eigenvalue weighted by Crippen LogP contribution is -1.94. The molecule has 0 radical (unpaired) electrons. The molecule has 0 atom stereocenters. The molecule has 0 fully saturated rings. The molecule has 3 nitrogen and oxygen atoms in total. The van der Waals surface area contributed by atoms with E-state index in [1.165, 1.54) is 11.1 Å². The lowest BCUT2D eigenvalue weighted by Gasteiger charge is -2.01. The summed E-state index contributed by atoms with van der Waals surface area (Å²) in [5, 5.41) is 0. The second-order valence-corrected chi connectivity index (χ2v) is 5.87. The lowest BCUT2D eigenvalue weighted by atomic mass is 10.0. The van der Waals surface area contributed by atoms with Gasteiger partial charge in [0, 0.05) is 10.0 Å². The van der Waals surface area contributed by atoms with Gasteiger partial charge in [-0.25, -0.2) is 0 Å². The van der Waals surface area contributed by atoms with E-state index in [-0.39, 0.29) is 0 Å². The summed E-state index contributed by atoms with van der Waals surface area (Å²) in [4.78, 5) is 4.63. The highest BCUT2D eigenvalue weighted by molar-refractivity contribution is 9.10. The Kier molecular flexibility index (Phi) is 3.04. The van der Waals surface area contributed by atoms with E-state index in [4.69, 9.17) is 9.47 Å². The Labute approximate surface area is 131 Å². The zero-order chi connectivity index (χ0) is 14.2. The van der Waals surface area contributed by atoms with Gasteiger partial charge in [0.25, 0.3) is 0 Å². The quantitative estimate of drug-likeness (QED) is 0.824. The first-order valence-electron chi connectivity index (χ1n) is 6.70. The van der Waals surface area contributed by atoms with Crippen molar-refractivity contribution < 1.29 is 9.47 Å². The molecule has 0 saturated carbocycles. The normalized spacial score (nSPS) is 15.9. The molecule has 0 bridgehead atoms. The molecule has 0 amide bonds. The van der Waals surface area contributed by atoms with Crippen molar-refractivity contribution in [2.75, 3.05) is 13.3 Å². The van der Waals surface area contributed by atoms with Crippen molar-refractivity contribution in [1.82, 2.24) is 0 Å². The van der Waals surface area contributed by atoms with Gasteiger partial charge in [-0.3, -0.25) is 4.99 Å². The molecular weight excluding hydrogens is 330 g/mol. The minimum absolute atomic E-state index is 0.296. The Bertz CT molecular complexity index is 780. The van der Waals surface area contributed by atoms with Gasteiger partial charge in [-0.15, -0.1) is 0 Å². The van der Waals surface area contributed by atoms with Crippen LogP contribution >= 0.6 is 15.9 Å². The molecule has 0 aliphatic carbocycles. The number of allylic oxidation sites excluding steroid dienone is 1. The average molecular weight is 342 g/mol. The van der Waals surface area contributed by atoms with Crippen molar-refractivity contribution in [1.29, 1.82) is 0 Å². The van der Waals surface area contributed by atoms with E-state index in [9.17, 15) is 0 Å². The second-order valence-electron chi connectivity index (χ2n) is 4.95. The van der Waals surface area contributed by atoms with Crippen LogP contribution < -0.4 is 9.47 Å². The summed E-state index contributed by atoms with van der Waals surface area (Å²) < 4.78 is 11.8. The van der Waals surface area contributed by atoms with Crippen LogP contribution in [0.3, 0.4) is 0 Å². The van der Waals surface area contributed by atoms with Crippen LogP contribution in [0.1, 0.15) is 11.1 Å². The Morgan fingerprint density at radius 2 is 1.86 bits per heavy atom. The van der Waals surface area contributed by atoms with E-state index in [0.29, 0.717) is 13.3 Å². The smallest absolute Gasteiger partial charge is 0.231 e. The number of aliphatic imine (C=N–C) groups is 1. The van der Waals surface area contributed by atoms with E-state index in [1.807, 2.05) is 30.3 Å². The van der Waals surface area contributed by atoms with Gasteiger partial charge >= 0.3 is 0 Å². The third-order valence-corrected chi connectivity index (χ3v) is 4.09. The molecule has 2 aliphatic rings. The fraction of sp³-hybridized carbons (Fsp3) is 0.118. The Balaban J connectivity index is 1.65. The maximum Gasteiger partial charge on any atom is 0.231 e. The predicted octanol–water partition coefficient (Wildman–Crippen LogP) is 4.06. The molecule has 104 valence electrons. The standard InChI is InChI=1S/C17H12BrNO2/c18-14-3-1-2-11(6-14)13-7-15(19-9-13)12-4-5-16-17(8-12)21-10-20-16/h1-8H,9-10H2. The number of nitrogens with zero attached hydrogens (tertiary/aromatic N) is 1. The fourth-order valence-corrected chi connectivity index (χ4v) is 2.92. The molecule has 0 unspecified atom stereocenters. The van der Waals surface area contributed by atoms with Crippen molar-refractivity contribution in [3.8, 4) is 11.5 Å². The molecule has 4 rings (SSSR count). The number of halogens is 1. The van der Waals surface area contributed by atoms with Crippen LogP contribution in [0.15, 0.2) is 58.0 Å². The summed E-state index contributed by atoms with van der Waals surface area (Å²) in [6.07, 6.45) is 2.14. The molecule has 0 saturated heterocycles. The molecule has 0 aromatic heterocycles. The lowest BCUT2D eigenvalue weighted by molar-refractivity contribution is 0.174. The zero-order valence-corrected chi connectivity index (χ0v) is 12.8. The van der Waals surface area contributed by atoms with Gasteiger partial charge in [-0.1, -0.05) is 28.1 Å². The molecule has 0 N–H and O–H groups in total. The van der Waals surface area contributed by atoms with Crippen molar-refractivity contribution in [2.24, 2.45) is 4.99 Å². The molecule has 2 aliphatic heterocycles. The van der Waals surface area contributed by atoms with Crippen LogP contribution in [0.4, 0.5) is 0 Å². The number of fused-ring (bicyclic) bond motifs is 1. The van der Waals surface area contributed by atoms with Crippen LogP contribution in [-0.4, -0.2) is 19.0 Å². The third kappa shape index (κ3) is 2.36. The van der Waals surface area contributed by atoms with Crippen LogP contribution in [0.25, 0.3) is 5.57 Å². The molecule has 4 heteroatoms. The van der Waals surface area contributed by atoms with Crippen molar-refractivity contribution in [3.05, 3.63) is 64.1 Å². The van der Waals surface area contributed by atoms with Gasteiger partial charge in [0.05, 0.1) is 12.3 Å². The first-order valence-corrected chi connectivity index (χ1v) is 7.50. The van der Waals surface area contributed by atoms with Gasteiger partial charge in [0.1, 0.15) is 0 Å². The van der Waals surface area contributed by atoms with Gasteiger partial charge < -0.3 is 9.47 Å². The van der Waals surface area contributed by atoms with E-state index >= 15 is 0 Å². The third-order valence-electron chi connectivity index (χ3n) is 3.59. The molecule has 2 heterocycles. The van der Waals surface area contributed by atoms with Crippen LogP contribution in [-0.2, 0) is 0 Å². The number of hydrogen-bond acceptors (Lipinski definition) is 3. The first kappa shape index (κ1) is 12.7. The minimum atomic E-state index is 0.296. The number of benzene rings is 2. The molecular formula is C17H12BrNO2. The van der Waals surface area contributed by atoms with E-state index in [0.717, 1.165) is 27.2 Å². The molecule has 2 aromatic rings. The SMILES string of the molecule is Brc1cccc(C2=CC(c3ccc4c(c3)OCO4)=NC2)c1. The fourth-order valence-electron chi connectivity index (χ4n) is 2.52. The van der Waals surface area contributed by atoms with Crippen molar-refractivity contribution in [3.63, 3.8) is 0 Å². The van der Waals surface area contributed by atoms with E-state index in [2.05, 4.69) is 39.1 Å². The molecule has 21 heavy (non-hydrogen) atoms. The monoisotopic (exact) mass is 341 g/mol. The van der Waals surface area contributed by atoms with Gasteiger partial charge in [0.2, 0.25) is 6.79 Å². The second kappa shape index (κ2) is 5.04. The van der Waals surface area contributed by atoms with Crippen LogP contribution in [0, 0.1) is 0 Å². The topological polar surface area (TPSA) is 30.8 Å². The van der Waals surface area contributed by atoms with E-state index in [1.54, 1.807) is 0 Å². The van der Waals surface area contributed by atoms with Gasteiger partial charge in [-0.05, 0) is 47.5 Å². The first-order chi connectivity index (χ1) is 10.3. The molecule has 2 aromatic carbocycles. The summed E-state index contributed by atoms with van der Waals surface area (Å²) in [5.74, 6) is 1.59. The van der Waals surface area contributed by atoms with E-state index < -0.39 is 0 Å². The molecule has 0 spiro atoms. The number of ether oxygens (including phenoxy) is 2. The Hall–Kier alpha value is -2.07. The summed E-state index contributed by atoms with van der Waals surface area (Å²) >= 11 is 3.51. The number of rotatable bonds is 2. The highest BCUT2D eigenvalue weighted by Gasteiger charge is 2.17. The zero-order valence-electron chi connectivity index (χ0n) is 11.2. The average Bonchev–Trinajstić information content (AvgIpc) is 3.15. The van der Waals surface area contributed by atoms with Crippen molar-refractivity contribution >= 4 is 27.2 Å². The predicted molar refractivity (Wildman–Crippen MR) is 86.1 cm³/mol. The van der Waals surface area contributed by atoms with Gasteiger partial charge in [0.15, 0.2) is 11.5 Å².